The molecule has 0 unspecified atom stereocenters. The number of nitrogens with one attached hydrogen (secondary N) is 1. The molecule has 1 saturated carbocycles. The second-order valence-electron chi connectivity index (χ2n) is 6.96. The molecular weight excluding hydrogens is 356 g/mol. The van der Waals surface area contributed by atoms with Crippen molar-refractivity contribution < 1.29 is 9.53 Å². The summed E-state index contributed by atoms with van der Waals surface area (Å²) in [5.74, 6) is -0.206. The largest absolute Gasteiger partial charge is 0.463 e. The molecule has 1 aliphatic rings. The van der Waals surface area contributed by atoms with Gasteiger partial charge in [0.1, 0.15) is 6.61 Å². The van der Waals surface area contributed by atoms with Crippen molar-refractivity contribution in [2.45, 2.75) is 25.8 Å². The molecule has 144 valence electrons. The van der Waals surface area contributed by atoms with E-state index in [4.69, 9.17) is 10.5 Å². The van der Waals surface area contributed by atoms with Crippen molar-refractivity contribution in [1.82, 2.24) is 14.9 Å². The Kier molecular flexibility index (Phi) is 4.83. The number of rotatable bonds is 6. The molecule has 0 spiro atoms. The first-order chi connectivity index (χ1) is 13.6. The van der Waals surface area contributed by atoms with Gasteiger partial charge >= 0.3 is 6.01 Å². The van der Waals surface area contributed by atoms with Gasteiger partial charge in [0.05, 0.1) is 22.2 Å². The molecule has 0 bridgehead atoms. The molecule has 3 N–H and O–H groups in total. The SMILES string of the molecule is Cc1ccc(C(=O)NC2CC2)c(-n2c(OCCN)nc3ccccc3c2=O)c1. The zero-order chi connectivity index (χ0) is 19.7. The van der Waals surface area contributed by atoms with Gasteiger partial charge in [0, 0.05) is 12.6 Å². The molecule has 0 saturated heterocycles. The number of fused-ring (bicyclic) bond motifs is 1. The second kappa shape index (κ2) is 7.44. The van der Waals surface area contributed by atoms with E-state index in [0.29, 0.717) is 22.2 Å². The van der Waals surface area contributed by atoms with E-state index in [1.54, 1.807) is 30.3 Å². The third-order valence-electron chi connectivity index (χ3n) is 4.65. The van der Waals surface area contributed by atoms with Crippen LogP contribution in [0.15, 0.2) is 47.3 Å². The molecule has 1 fully saturated rings. The van der Waals surface area contributed by atoms with E-state index in [1.165, 1.54) is 4.57 Å². The summed E-state index contributed by atoms with van der Waals surface area (Å²) >= 11 is 0. The predicted octanol–water partition coefficient (Wildman–Crippen LogP) is 1.92. The number of hydrogen-bond acceptors (Lipinski definition) is 5. The van der Waals surface area contributed by atoms with Gasteiger partial charge in [-0.25, -0.2) is 4.57 Å². The molecule has 1 aromatic heterocycles. The zero-order valence-electron chi connectivity index (χ0n) is 15.6. The highest BCUT2D eigenvalue weighted by Crippen LogP contribution is 2.24. The highest BCUT2D eigenvalue weighted by Gasteiger charge is 2.26. The summed E-state index contributed by atoms with van der Waals surface area (Å²) in [6, 6.07) is 12.8. The molecule has 0 atom stereocenters. The Labute approximate surface area is 162 Å². The van der Waals surface area contributed by atoms with Crippen LogP contribution in [0, 0.1) is 6.92 Å². The first kappa shape index (κ1) is 18.2. The van der Waals surface area contributed by atoms with Crippen molar-refractivity contribution in [3.63, 3.8) is 0 Å². The lowest BCUT2D eigenvalue weighted by atomic mass is 10.1. The van der Waals surface area contributed by atoms with Gasteiger partial charge in [-0.2, -0.15) is 4.98 Å². The Morgan fingerprint density at radius 3 is 2.82 bits per heavy atom. The highest BCUT2D eigenvalue weighted by atomic mass is 16.5. The Bertz CT molecular complexity index is 1100. The molecule has 0 radical (unpaired) electrons. The van der Waals surface area contributed by atoms with Crippen LogP contribution in [0.25, 0.3) is 16.6 Å². The Hall–Kier alpha value is -3.19. The van der Waals surface area contributed by atoms with Crippen molar-refractivity contribution in [2.24, 2.45) is 5.73 Å². The molecule has 1 amide bonds. The Morgan fingerprint density at radius 2 is 2.07 bits per heavy atom. The number of para-hydroxylation sites is 1. The minimum absolute atomic E-state index is 0.125. The fourth-order valence-corrected chi connectivity index (χ4v) is 3.08. The Balaban J connectivity index is 1.94. The number of hydrogen-bond donors (Lipinski definition) is 2. The molecule has 0 aliphatic heterocycles. The maximum atomic E-state index is 13.3. The zero-order valence-corrected chi connectivity index (χ0v) is 15.6. The summed E-state index contributed by atoms with van der Waals surface area (Å²) in [6.07, 6.45) is 1.96. The number of carbonyl (C=O) groups excluding carboxylic acids is 1. The van der Waals surface area contributed by atoms with Gasteiger partial charge in [0.2, 0.25) is 0 Å². The number of ether oxygens (including phenoxy) is 1. The average molecular weight is 378 g/mol. The monoisotopic (exact) mass is 378 g/mol. The van der Waals surface area contributed by atoms with Crippen molar-refractivity contribution >= 4 is 16.8 Å². The topological polar surface area (TPSA) is 99.2 Å². The van der Waals surface area contributed by atoms with E-state index in [1.807, 2.05) is 19.1 Å². The summed E-state index contributed by atoms with van der Waals surface area (Å²) in [7, 11) is 0. The molecule has 2 aromatic carbocycles. The van der Waals surface area contributed by atoms with Crippen LogP contribution in [0.3, 0.4) is 0 Å². The number of benzene rings is 2. The number of aromatic nitrogens is 2. The predicted molar refractivity (Wildman–Crippen MR) is 107 cm³/mol. The first-order valence-electron chi connectivity index (χ1n) is 9.35. The van der Waals surface area contributed by atoms with Crippen LogP contribution >= 0.6 is 0 Å². The quantitative estimate of drug-likeness (QED) is 0.683. The third-order valence-corrected chi connectivity index (χ3v) is 4.65. The Morgan fingerprint density at radius 1 is 1.29 bits per heavy atom. The summed E-state index contributed by atoms with van der Waals surface area (Å²) in [5, 5.41) is 3.44. The van der Waals surface area contributed by atoms with E-state index in [-0.39, 0.29) is 36.7 Å². The number of aryl methyl sites for hydroxylation is 1. The van der Waals surface area contributed by atoms with Gasteiger partial charge in [-0.1, -0.05) is 18.2 Å². The highest BCUT2D eigenvalue weighted by molar-refractivity contribution is 5.98. The normalized spacial score (nSPS) is 13.5. The van der Waals surface area contributed by atoms with Gasteiger partial charge in [0.25, 0.3) is 11.5 Å². The van der Waals surface area contributed by atoms with Crippen LogP contribution < -0.4 is 21.3 Å². The maximum Gasteiger partial charge on any atom is 0.304 e. The third kappa shape index (κ3) is 3.48. The first-order valence-corrected chi connectivity index (χ1v) is 9.35. The second-order valence-corrected chi connectivity index (χ2v) is 6.96. The average Bonchev–Trinajstić information content (AvgIpc) is 3.50. The minimum atomic E-state index is -0.288. The van der Waals surface area contributed by atoms with Crippen LogP contribution in [0.5, 0.6) is 6.01 Å². The van der Waals surface area contributed by atoms with Crippen LogP contribution in [0.1, 0.15) is 28.8 Å². The molecule has 28 heavy (non-hydrogen) atoms. The van der Waals surface area contributed by atoms with Gasteiger partial charge in [-0.3, -0.25) is 9.59 Å². The standard InChI is InChI=1S/C21H22N4O3/c1-13-6-9-16(19(26)23-14-7-8-14)18(12-13)25-20(27)15-4-2-3-5-17(15)24-21(25)28-11-10-22/h2-6,9,12,14H,7-8,10-11,22H2,1H3,(H,23,26). The summed E-state index contributed by atoms with van der Waals surface area (Å²) in [4.78, 5) is 30.6. The van der Waals surface area contributed by atoms with Crippen molar-refractivity contribution in [3.05, 3.63) is 63.9 Å². The summed E-state index contributed by atoms with van der Waals surface area (Å²) in [6.45, 7) is 2.40. The van der Waals surface area contributed by atoms with Crippen LogP contribution in [-0.4, -0.2) is 34.7 Å². The smallest absolute Gasteiger partial charge is 0.304 e. The van der Waals surface area contributed by atoms with E-state index in [9.17, 15) is 9.59 Å². The van der Waals surface area contributed by atoms with Gasteiger partial charge in [0.15, 0.2) is 0 Å². The lowest BCUT2D eigenvalue weighted by Gasteiger charge is -2.17. The number of nitrogens with zero attached hydrogens (tertiary/aromatic N) is 2. The molecule has 4 rings (SSSR count). The molecule has 7 nitrogen and oxygen atoms in total. The summed E-state index contributed by atoms with van der Waals surface area (Å²) < 4.78 is 7.06. The number of nitrogens with two attached hydrogens (primary N) is 1. The molecule has 1 aliphatic carbocycles. The van der Waals surface area contributed by atoms with Crippen molar-refractivity contribution in [1.29, 1.82) is 0 Å². The fraction of sp³-hybridized carbons (Fsp3) is 0.286. The lowest BCUT2D eigenvalue weighted by molar-refractivity contribution is 0.0951. The maximum absolute atomic E-state index is 13.3. The van der Waals surface area contributed by atoms with Gasteiger partial charge in [-0.05, 0) is 49.6 Å². The van der Waals surface area contributed by atoms with Crippen molar-refractivity contribution in [3.8, 4) is 11.7 Å². The van der Waals surface area contributed by atoms with Crippen LogP contribution in [0.4, 0.5) is 0 Å². The van der Waals surface area contributed by atoms with Crippen LogP contribution in [0.2, 0.25) is 0 Å². The number of amides is 1. The van der Waals surface area contributed by atoms with E-state index >= 15 is 0 Å². The van der Waals surface area contributed by atoms with E-state index in [0.717, 1.165) is 18.4 Å². The number of carbonyl (C=O) groups is 1. The lowest BCUT2D eigenvalue weighted by Crippen LogP contribution is -2.30. The molecule has 7 heteroatoms. The molecular formula is C21H22N4O3. The van der Waals surface area contributed by atoms with E-state index in [2.05, 4.69) is 10.3 Å². The van der Waals surface area contributed by atoms with Crippen LogP contribution in [-0.2, 0) is 0 Å². The van der Waals surface area contributed by atoms with Gasteiger partial charge < -0.3 is 15.8 Å². The molecule has 3 aromatic rings. The fourth-order valence-electron chi connectivity index (χ4n) is 3.08. The molecule has 1 heterocycles. The van der Waals surface area contributed by atoms with Crippen molar-refractivity contribution in [2.75, 3.05) is 13.2 Å². The van der Waals surface area contributed by atoms with E-state index < -0.39 is 0 Å². The summed E-state index contributed by atoms with van der Waals surface area (Å²) in [5.41, 5.74) is 7.60. The minimum Gasteiger partial charge on any atom is -0.463 e. The van der Waals surface area contributed by atoms with Gasteiger partial charge in [-0.15, -0.1) is 0 Å².